The van der Waals surface area contributed by atoms with E-state index in [1.165, 1.54) is 4.31 Å². The molecule has 3 unspecified atom stereocenters. The Morgan fingerprint density at radius 1 is 1.00 bits per heavy atom. The highest BCUT2D eigenvalue weighted by atomic mass is 32.2. The lowest BCUT2D eigenvalue weighted by Gasteiger charge is -2.41. The summed E-state index contributed by atoms with van der Waals surface area (Å²) < 4.78 is 112. The molecule has 38 heavy (non-hydrogen) atoms. The van der Waals surface area contributed by atoms with Gasteiger partial charge in [-0.2, -0.15) is 4.31 Å². The van der Waals surface area contributed by atoms with E-state index in [2.05, 4.69) is 9.44 Å². The van der Waals surface area contributed by atoms with Crippen LogP contribution in [0.4, 0.5) is 13.2 Å². The number of hydrogen-bond acceptors (Lipinski definition) is 6. The first-order valence-electron chi connectivity index (χ1n) is 12.9. The molecule has 2 aliphatic heterocycles. The van der Waals surface area contributed by atoms with Crippen LogP contribution in [-0.4, -0.2) is 66.1 Å². The van der Waals surface area contributed by atoms with Gasteiger partial charge in [0.15, 0.2) is 11.6 Å². The van der Waals surface area contributed by atoms with E-state index in [1.54, 1.807) is 20.8 Å². The quantitative estimate of drug-likeness (QED) is 0.298. The Morgan fingerprint density at radius 3 is 2.13 bits per heavy atom. The average Bonchev–Trinajstić information content (AvgIpc) is 3.61. The second-order valence-corrected chi connectivity index (χ2v) is 17.6. The fraction of sp³-hybridized carbons (Fsp3) is 0.750. The van der Waals surface area contributed by atoms with Gasteiger partial charge < -0.3 is 4.55 Å². The van der Waals surface area contributed by atoms with Gasteiger partial charge in [-0.15, -0.1) is 4.72 Å². The van der Waals surface area contributed by atoms with Crippen molar-refractivity contribution in [1.82, 2.24) is 13.7 Å². The van der Waals surface area contributed by atoms with Gasteiger partial charge in [0.25, 0.3) is 0 Å². The van der Waals surface area contributed by atoms with Crippen LogP contribution in [0.25, 0.3) is 0 Å². The zero-order chi connectivity index (χ0) is 28.0. The molecule has 1 aliphatic carbocycles. The Kier molecular flexibility index (Phi) is 8.84. The smallest absolute Gasteiger partial charge is 0.215 e. The molecule has 4 rings (SSSR count). The maximum Gasteiger partial charge on any atom is 0.215 e. The van der Waals surface area contributed by atoms with Crippen LogP contribution in [0.3, 0.4) is 0 Å². The van der Waals surface area contributed by atoms with Crippen LogP contribution < -0.4 is 9.44 Å². The molecule has 4 atom stereocenters. The number of hydrogen-bond donors (Lipinski definition) is 2. The van der Waals surface area contributed by atoms with Crippen molar-refractivity contribution in [2.75, 3.05) is 12.3 Å². The largest absolute Gasteiger partial charge is 0.598 e. The standard InChI is InChI=1S/C24H36F3N3O5S3/c1-24(2,3)36(31)29-23(13-15-12-21(26)22(27)14-20(15)25)16-10-17-4-5-18(11-16)30(17)37(32,33)9-8-28-38(34,35)19-6-7-19/h12,14,16-19,23,28-29H,4-11,13H2,1-3H3/t16?,17?,18?,23-,36?/m1/s1. The molecule has 2 bridgehead atoms. The van der Waals surface area contributed by atoms with Crippen LogP contribution in [0.1, 0.15) is 64.9 Å². The van der Waals surface area contributed by atoms with Gasteiger partial charge >= 0.3 is 0 Å². The van der Waals surface area contributed by atoms with Gasteiger partial charge in [-0.05, 0) is 83.3 Å². The average molecular weight is 600 g/mol. The molecule has 3 fully saturated rings. The van der Waals surface area contributed by atoms with Gasteiger partial charge in [0, 0.05) is 36.1 Å². The van der Waals surface area contributed by atoms with Crippen LogP contribution in [0.2, 0.25) is 0 Å². The van der Waals surface area contributed by atoms with Crippen LogP contribution in [0.15, 0.2) is 12.1 Å². The minimum Gasteiger partial charge on any atom is -0.598 e. The Labute approximate surface area is 226 Å². The van der Waals surface area contributed by atoms with E-state index < -0.39 is 64.9 Å². The van der Waals surface area contributed by atoms with E-state index in [4.69, 9.17) is 0 Å². The lowest BCUT2D eigenvalue weighted by atomic mass is 9.83. The second-order valence-electron chi connectivity index (χ2n) is 11.6. The van der Waals surface area contributed by atoms with Gasteiger partial charge in [-0.25, -0.2) is 34.7 Å². The summed E-state index contributed by atoms with van der Waals surface area (Å²) in [7, 11) is -7.23. The minimum absolute atomic E-state index is 0.0370. The zero-order valence-electron chi connectivity index (χ0n) is 21.8. The summed E-state index contributed by atoms with van der Waals surface area (Å²) in [5.41, 5.74) is -0.0438. The molecule has 3 aliphatic rings. The number of rotatable bonds is 11. The molecule has 0 amide bonds. The van der Waals surface area contributed by atoms with Gasteiger partial charge in [0.2, 0.25) is 20.0 Å². The van der Waals surface area contributed by atoms with E-state index in [1.807, 2.05) is 0 Å². The summed E-state index contributed by atoms with van der Waals surface area (Å²) >= 11 is -1.54. The molecule has 2 N–H and O–H groups in total. The highest BCUT2D eigenvalue weighted by Gasteiger charge is 2.49. The van der Waals surface area contributed by atoms with Crippen molar-refractivity contribution < 1.29 is 34.6 Å². The van der Waals surface area contributed by atoms with Gasteiger partial charge in [0.1, 0.15) is 10.6 Å². The van der Waals surface area contributed by atoms with E-state index in [0.29, 0.717) is 44.6 Å². The first-order chi connectivity index (χ1) is 17.6. The fourth-order valence-electron chi connectivity index (χ4n) is 5.45. The maximum absolute atomic E-state index is 14.5. The van der Waals surface area contributed by atoms with Crippen molar-refractivity contribution in [3.05, 3.63) is 35.1 Å². The summed E-state index contributed by atoms with van der Waals surface area (Å²) in [4.78, 5) is 0. The summed E-state index contributed by atoms with van der Waals surface area (Å²) in [6.07, 6.45) is 3.24. The summed E-state index contributed by atoms with van der Waals surface area (Å²) in [6, 6.07) is 0.0966. The molecule has 1 aromatic carbocycles. The molecule has 216 valence electrons. The predicted molar refractivity (Wildman–Crippen MR) is 140 cm³/mol. The zero-order valence-corrected chi connectivity index (χ0v) is 24.2. The Bertz CT molecular complexity index is 1220. The Hall–Kier alpha value is -0.900. The third kappa shape index (κ3) is 6.87. The topological polar surface area (TPSA) is 119 Å². The molecular weight excluding hydrogens is 563 g/mol. The highest BCUT2D eigenvalue weighted by Crippen LogP contribution is 2.42. The third-order valence-electron chi connectivity index (χ3n) is 7.56. The van der Waals surface area contributed by atoms with Crippen molar-refractivity contribution in [2.24, 2.45) is 5.92 Å². The number of piperidine rings is 1. The van der Waals surface area contributed by atoms with Crippen molar-refractivity contribution in [2.45, 2.75) is 93.8 Å². The molecule has 0 radical (unpaired) electrons. The fourth-order valence-corrected chi connectivity index (χ4v) is 9.72. The summed E-state index contributed by atoms with van der Waals surface area (Å²) in [5.74, 6) is -3.88. The van der Waals surface area contributed by atoms with Crippen molar-refractivity contribution >= 4 is 31.4 Å². The lowest BCUT2D eigenvalue weighted by molar-refractivity contribution is 0.165. The maximum atomic E-state index is 14.5. The molecule has 2 saturated heterocycles. The minimum atomic E-state index is -3.74. The molecular formula is C24H36F3N3O5S3. The molecule has 1 aromatic rings. The first-order valence-corrected chi connectivity index (χ1v) is 17.2. The van der Waals surface area contributed by atoms with E-state index in [0.717, 1.165) is 6.07 Å². The monoisotopic (exact) mass is 599 g/mol. The molecule has 8 nitrogen and oxygen atoms in total. The van der Waals surface area contributed by atoms with Crippen molar-refractivity contribution in [3.63, 3.8) is 0 Å². The number of nitrogens with zero attached hydrogens (tertiary/aromatic N) is 1. The SMILES string of the molecule is CC(C)(C)[S+]([O-])N[C@H](Cc1cc(F)c(F)cc1F)C1CC2CCC(C1)N2S(=O)(=O)CCNS(=O)(=O)C1CC1. The predicted octanol–water partition coefficient (Wildman–Crippen LogP) is 2.72. The van der Waals surface area contributed by atoms with E-state index in [-0.39, 0.29) is 42.3 Å². The molecule has 1 saturated carbocycles. The second kappa shape index (κ2) is 11.2. The summed E-state index contributed by atoms with van der Waals surface area (Å²) in [5, 5.41) is -0.431. The lowest BCUT2D eigenvalue weighted by Crippen LogP contribution is -2.54. The number of fused-ring (bicyclic) bond motifs is 2. The van der Waals surface area contributed by atoms with Crippen molar-refractivity contribution in [3.8, 4) is 0 Å². The van der Waals surface area contributed by atoms with Crippen LogP contribution in [-0.2, 0) is 37.8 Å². The molecule has 0 aromatic heterocycles. The number of nitrogens with one attached hydrogen (secondary N) is 2. The number of sulfonamides is 2. The van der Waals surface area contributed by atoms with E-state index >= 15 is 0 Å². The molecule has 2 heterocycles. The highest BCUT2D eigenvalue weighted by molar-refractivity contribution is 7.91. The first kappa shape index (κ1) is 30.1. The summed E-state index contributed by atoms with van der Waals surface area (Å²) in [6.45, 7) is 5.15. The Morgan fingerprint density at radius 2 is 1.58 bits per heavy atom. The number of halogens is 3. The van der Waals surface area contributed by atoms with Gasteiger partial charge in [-0.1, -0.05) is 0 Å². The number of benzene rings is 1. The Balaban J connectivity index is 1.48. The van der Waals surface area contributed by atoms with Crippen molar-refractivity contribution in [1.29, 1.82) is 0 Å². The normalized spacial score (nSPS) is 26.4. The van der Waals surface area contributed by atoms with E-state index in [9.17, 15) is 34.6 Å². The molecule has 14 heteroatoms. The van der Waals surface area contributed by atoms with Gasteiger partial charge in [-0.3, -0.25) is 0 Å². The van der Waals surface area contributed by atoms with Crippen LogP contribution in [0, 0.1) is 23.4 Å². The van der Waals surface area contributed by atoms with Gasteiger partial charge in [0.05, 0.1) is 17.0 Å². The van der Waals surface area contributed by atoms with Crippen LogP contribution in [0.5, 0.6) is 0 Å². The van der Waals surface area contributed by atoms with Crippen LogP contribution >= 0.6 is 0 Å². The molecule has 0 spiro atoms. The third-order valence-corrected chi connectivity index (χ3v) is 13.1.